The van der Waals surface area contributed by atoms with E-state index < -0.39 is 0 Å². The van der Waals surface area contributed by atoms with Crippen LogP contribution in [-0.2, 0) is 9.59 Å². The average molecular weight is 346 g/mol. The molecule has 2 saturated heterocycles. The Labute approximate surface area is 147 Å². The first-order chi connectivity index (χ1) is 12.0. The second-order valence-corrected chi connectivity index (χ2v) is 7.88. The molecule has 3 heterocycles. The molecule has 1 saturated carbocycles. The number of nitrogens with zero attached hydrogens (tertiary/aromatic N) is 4. The summed E-state index contributed by atoms with van der Waals surface area (Å²) in [7, 11) is 0. The van der Waals surface area contributed by atoms with Gasteiger partial charge in [-0.1, -0.05) is 19.0 Å². The minimum absolute atomic E-state index is 0.0704. The van der Waals surface area contributed by atoms with Crippen LogP contribution in [0.4, 0.5) is 0 Å². The van der Waals surface area contributed by atoms with Crippen molar-refractivity contribution in [2.45, 2.75) is 63.8 Å². The van der Waals surface area contributed by atoms with Gasteiger partial charge in [-0.05, 0) is 32.1 Å². The van der Waals surface area contributed by atoms with Crippen LogP contribution in [0.2, 0.25) is 0 Å². The first kappa shape index (κ1) is 16.5. The van der Waals surface area contributed by atoms with E-state index in [4.69, 9.17) is 4.52 Å². The van der Waals surface area contributed by atoms with E-state index in [1.807, 2.05) is 18.7 Å². The fourth-order valence-electron chi connectivity index (χ4n) is 3.91. The second-order valence-electron chi connectivity index (χ2n) is 7.88. The van der Waals surface area contributed by atoms with Crippen molar-refractivity contribution < 1.29 is 14.1 Å². The quantitative estimate of drug-likeness (QED) is 0.832. The molecule has 0 N–H and O–H groups in total. The van der Waals surface area contributed by atoms with Gasteiger partial charge in [-0.2, -0.15) is 4.98 Å². The van der Waals surface area contributed by atoms with Crippen LogP contribution in [0.25, 0.3) is 0 Å². The van der Waals surface area contributed by atoms with Crippen LogP contribution in [0.1, 0.15) is 69.5 Å². The summed E-state index contributed by atoms with van der Waals surface area (Å²) in [4.78, 5) is 33.5. The third-order valence-corrected chi connectivity index (χ3v) is 5.56. The van der Waals surface area contributed by atoms with E-state index in [1.165, 1.54) is 0 Å². The molecule has 7 nitrogen and oxygen atoms in total. The minimum atomic E-state index is -0.293. The van der Waals surface area contributed by atoms with Gasteiger partial charge in [0.1, 0.15) is 6.04 Å². The van der Waals surface area contributed by atoms with E-state index >= 15 is 0 Å². The van der Waals surface area contributed by atoms with Gasteiger partial charge in [-0.3, -0.25) is 9.59 Å². The lowest BCUT2D eigenvalue weighted by Gasteiger charge is -2.29. The molecule has 1 aliphatic carbocycles. The van der Waals surface area contributed by atoms with Crippen LogP contribution in [0.5, 0.6) is 0 Å². The van der Waals surface area contributed by atoms with Crippen LogP contribution in [0.3, 0.4) is 0 Å². The molecular formula is C18H26N4O3. The van der Waals surface area contributed by atoms with Crippen LogP contribution in [0.15, 0.2) is 4.52 Å². The molecule has 2 atom stereocenters. The van der Waals surface area contributed by atoms with E-state index in [0.29, 0.717) is 31.4 Å². The fraction of sp³-hybridized carbons (Fsp3) is 0.778. The summed E-state index contributed by atoms with van der Waals surface area (Å²) < 4.78 is 5.43. The predicted molar refractivity (Wildman–Crippen MR) is 89.8 cm³/mol. The molecule has 7 heteroatoms. The highest BCUT2D eigenvalue weighted by atomic mass is 16.5. The van der Waals surface area contributed by atoms with E-state index in [0.717, 1.165) is 37.9 Å². The smallest absolute Gasteiger partial charge is 0.245 e. The Bertz CT molecular complexity index is 667. The molecule has 2 amide bonds. The Hall–Kier alpha value is -1.92. The zero-order chi connectivity index (χ0) is 17.6. The molecule has 2 aliphatic heterocycles. The summed E-state index contributed by atoms with van der Waals surface area (Å²) in [6.45, 7) is 5.79. The topological polar surface area (TPSA) is 79.5 Å². The van der Waals surface area contributed by atoms with E-state index in [9.17, 15) is 9.59 Å². The molecule has 0 radical (unpaired) electrons. The zero-order valence-electron chi connectivity index (χ0n) is 15.0. The number of amides is 2. The van der Waals surface area contributed by atoms with Gasteiger partial charge in [0, 0.05) is 31.5 Å². The van der Waals surface area contributed by atoms with Crippen LogP contribution < -0.4 is 0 Å². The van der Waals surface area contributed by atoms with Crippen molar-refractivity contribution in [1.82, 2.24) is 19.9 Å². The maximum absolute atomic E-state index is 13.0. The highest BCUT2D eigenvalue weighted by molar-refractivity contribution is 5.89. The zero-order valence-corrected chi connectivity index (χ0v) is 15.0. The van der Waals surface area contributed by atoms with Gasteiger partial charge in [-0.15, -0.1) is 0 Å². The van der Waals surface area contributed by atoms with Crippen molar-refractivity contribution in [3.05, 3.63) is 11.7 Å². The lowest BCUT2D eigenvalue weighted by atomic mass is 10.1. The Morgan fingerprint density at radius 3 is 2.64 bits per heavy atom. The normalized spacial score (nSPS) is 26.7. The Morgan fingerprint density at radius 2 is 1.92 bits per heavy atom. The molecule has 2 unspecified atom stereocenters. The maximum atomic E-state index is 13.0. The summed E-state index contributed by atoms with van der Waals surface area (Å²) in [6.07, 6.45) is 4.82. The van der Waals surface area contributed by atoms with Gasteiger partial charge in [-0.25, -0.2) is 0 Å². The Kier molecular flexibility index (Phi) is 4.25. The number of hydrogen-bond acceptors (Lipinski definition) is 5. The van der Waals surface area contributed by atoms with Crippen molar-refractivity contribution in [2.75, 3.05) is 19.6 Å². The lowest BCUT2D eigenvalue weighted by molar-refractivity contribution is -0.144. The number of carbonyl (C=O) groups excluding carboxylic acids is 2. The van der Waals surface area contributed by atoms with Crippen LogP contribution in [-0.4, -0.2) is 57.4 Å². The van der Waals surface area contributed by atoms with Crippen molar-refractivity contribution in [2.24, 2.45) is 5.92 Å². The van der Waals surface area contributed by atoms with Crippen LogP contribution in [0, 0.1) is 5.92 Å². The van der Waals surface area contributed by atoms with Gasteiger partial charge in [0.2, 0.25) is 17.7 Å². The van der Waals surface area contributed by atoms with Gasteiger partial charge in [0.15, 0.2) is 5.82 Å². The summed E-state index contributed by atoms with van der Waals surface area (Å²) in [5, 5.41) is 4.08. The van der Waals surface area contributed by atoms with Crippen molar-refractivity contribution >= 4 is 11.8 Å². The number of hydrogen-bond donors (Lipinski definition) is 0. The minimum Gasteiger partial charge on any atom is -0.340 e. The fourth-order valence-corrected chi connectivity index (χ4v) is 3.91. The summed E-state index contributed by atoms with van der Waals surface area (Å²) >= 11 is 0. The maximum Gasteiger partial charge on any atom is 0.245 e. The second kappa shape index (κ2) is 6.42. The molecule has 136 valence electrons. The molecule has 0 spiro atoms. The number of rotatable bonds is 4. The van der Waals surface area contributed by atoms with Gasteiger partial charge < -0.3 is 14.3 Å². The van der Waals surface area contributed by atoms with Crippen LogP contribution >= 0.6 is 0 Å². The number of likely N-dealkylation sites (tertiary alicyclic amines) is 2. The SMILES string of the molecule is CC(C)C(=O)N1CCCC1C(=O)N1CCC(c2nc(C3CC3)no2)C1. The molecule has 1 aromatic heterocycles. The monoisotopic (exact) mass is 346 g/mol. The van der Waals surface area contributed by atoms with Crippen molar-refractivity contribution in [3.8, 4) is 0 Å². The molecular weight excluding hydrogens is 320 g/mol. The van der Waals surface area contributed by atoms with Crippen molar-refractivity contribution in [3.63, 3.8) is 0 Å². The molecule has 0 bridgehead atoms. The van der Waals surface area contributed by atoms with Gasteiger partial charge in [0.05, 0.1) is 5.92 Å². The average Bonchev–Trinajstić information content (AvgIpc) is 3.06. The van der Waals surface area contributed by atoms with Gasteiger partial charge >= 0.3 is 0 Å². The van der Waals surface area contributed by atoms with E-state index in [1.54, 1.807) is 4.90 Å². The predicted octanol–water partition coefficient (Wildman–Crippen LogP) is 1.91. The Balaban J connectivity index is 1.40. The highest BCUT2D eigenvalue weighted by Crippen LogP contribution is 2.39. The largest absolute Gasteiger partial charge is 0.340 e. The standard InChI is InChI=1S/C18H26N4O3/c1-11(2)17(23)22-8-3-4-14(22)18(24)21-9-7-13(10-21)16-19-15(20-25-16)12-5-6-12/h11-14H,3-10H2,1-2H3. The summed E-state index contributed by atoms with van der Waals surface area (Å²) in [5.41, 5.74) is 0. The molecule has 1 aromatic rings. The molecule has 3 aliphatic rings. The molecule has 4 rings (SSSR count). The Morgan fingerprint density at radius 1 is 1.12 bits per heavy atom. The summed E-state index contributed by atoms with van der Waals surface area (Å²) in [5.74, 6) is 2.18. The third kappa shape index (κ3) is 3.16. The summed E-state index contributed by atoms with van der Waals surface area (Å²) in [6, 6.07) is -0.293. The van der Waals surface area contributed by atoms with Gasteiger partial charge in [0.25, 0.3) is 0 Å². The number of carbonyl (C=O) groups is 2. The van der Waals surface area contributed by atoms with E-state index in [2.05, 4.69) is 10.1 Å². The number of aromatic nitrogens is 2. The first-order valence-electron chi connectivity index (χ1n) is 9.47. The lowest BCUT2D eigenvalue weighted by Crippen LogP contribution is -2.48. The first-order valence-corrected chi connectivity index (χ1v) is 9.47. The molecule has 0 aromatic carbocycles. The van der Waals surface area contributed by atoms with Crippen molar-refractivity contribution in [1.29, 1.82) is 0 Å². The molecule has 25 heavy (non-hydrogen) atoms. The van der Waals surface area contributed by atoms with E-state index in [-0.39, 0.29) is 29.7 Å². The third-order valence-electron chi connectivity index (χ3n) is 5.56. The highest BCUT2D eigenvalue weighted by Gasteiger charge is 2.40. The molecule has 3 fully saturated rings.